The van der Waals surface area contributed by atoms with Crippen molar-refractivity contribution in [2.24, 2.45) is 4.99 Å². The minimum Gasteiger partial charge on any atom is -0.444 e. The maximum atomic E-state index is 12.6. The molecular formula is C16H26F3N5O2S. The van der Waals surface area contributed by atoms with Crippen LogP contribution < -0.4 is 10.6 Å². The van der Waals surface area contributed by atoms with Gasteiger partial charge in [0.15, 0.2) is 11.7 Å². The van der Waals surface area contributed by atoms with E-state index in [2.05, 4.69) is 20.6 Å². The number of ether oxygens (including phenoxy) is 1. The third-order valence-electron chi connectivity index (χ3n) is 3.00. The molecule has 11 heteroatoms. The standard InChI is InChI=1S/C16H26F3N5O2S/c1-6-20-13(21-7-8-24(5)14(25)26-15(2,3)4)22-9-12-23-11(10-27-12)16(17,18)19/h10H,6-9H2,1-5H3,(H2,20,21,22). The Morgan fingerprint density at radius 2 is 2.00 bits per heavy atom. The fourth-order valence-corrected chi connectivity index (χ4v) is 2.50. The van der Waals surface area contributed by atoms with Gasteiger partial charge < -0.3 is 20.3 Å². The van der Waals surface area contributed by atoms with E-state index in [-0.39, 0.29) is 11.6 Å². The van der Waals surface area contributed by atoms with Crippen molar-refractivity contribution in [1.82, 2.24) is 20.5 Å². The zero-order valence-corrected chi connectivity index (χ0v) is 16.9. The maximum Gasteiger partial charge on any atom is 0.434 e. The topological polar surface area (TPSA) is 78.9 Å². The molecule has 0 saturated heterocycles. The number of amides is 1. The first kappa shape index (κ1) is 23.0. The molecule has 1 aromatic rings. The van der Waals surface area contributed by atoms with Gasteiger partial charge in [-0.05, 0) is 27.7 Å². The molecule has 0 aliphatic heterocycles. The second-order valence-corrected chi connectivity index (χ2v) is 7.59. The van der Waals surface area contributed by atoms with Crippen molar-refractivity contribution < 1.29 is 22.7 Å². The quantitative estimate of drug-likeness (QED) is 0.558. The molecule has 0 aliphatic carbocycles. The molecule has 0 saturated carbocycles. The van der Waals surface area contributed by atoms with E-state index in [0.717, 1.165) is 16.7 Å². The van der Waals surface area contributed by atoms with Gasteiger partial charge in [0, 0.05) is 32.1 Å². The first-order chi connectivity index (χ1) is 12.4. The van der Waals surface area contributed by atoms with Crippen molar-refractivity contribution in [3.05, 3.63) is 16.1 Å². The second kappa shape index (κ2) is 9.77. The number of rotatable bonds is 6. The van der Waals surface area contributed by atoms with Crippen LogP contribution in [0.15, 0.2) is 10.4 Å². The first-order valence-electron chi connectivity index (χ1n) is 8.40. The smallest absolute Gasteiger partial charge is 0.434 e. The lowest BCUT2D eigenvalue weighted by molar-refractivity contribution is -0.140. The summed E-state index contributed by atoms with van der Waals surface area (Å²) in [7, 11) is 1.62. The highest BCUT2D eigenvalue weighted by Crippen LogP contribution is 2.30. The number of carbonyl (C=O) groups is 1. The monoisotopic (exact) mass is 409 g/mol. The zero-order valence-electron chi connectivity index (χ0n) is 16.1. The normalized spacial score (nSPS) is 12.7. The van der Waals surface area contributed by atoms with Gasteiger partial charge in [0.25, 0.3) is 0 Å². The van der Waals surface area contributed by atoms with Crippen LogP contribution in [0.1, 0.15) is 38.4 Å². The van der Waals surface area contributed by atoms with Gasteiger partial charge in [0.1, 0.15) is 10.6 Å². The van der Waals surface area contributed by atoms with Crippen LogP contribution >= 0.6 is 11.3 Å². The van der Waals surface area contributed by atoms with Gasteiger partial charge in [-0.15, -0.1) is 11.3 Å². The molecule has 0 bridgehead atoms. The van der Waals surface area contributed by atoms with Crippen LogP contribution in [0.3, 0.4) is 0 Å². The third kappa shape index (κ3) is 8.94. The van der Waals surface area contributed by atoms with Gasteiger partial charge in [-0.25, -0.2) is 14.8 Å². The maximum absolute atomic E-state index is 12.6. The van der Waals surface area contributed by atoms with Gasteiger partial charge in [-0.1, -0.05) is 0 Å². The highest BCUT2D eigenvalue weighted by atomic mass is 32.1. The number of likely N-dealkylation sites (N-methyl/N-ethyl adjacent to an activating group) is 1. The van der Waals surface area contributed by atoms with Crippen LogP contribution in [0.4, 0.5) is 18.0 Å². The van der Waals surface area contributed by atoms with E-state index in [1.807, 2.05) is 6.92 Å². The van der Waals surface area contributed by atoms with Crippen LogP contribution in [-0.4, -0.2) is 54.2 Å². The van der Waals surface area contributed by atoms with Crippen LogP contribution in [0, 0.1) is 0 Å². The average Bonchev–Trinajstić information content (AvgIpc) is 3.00. The Bertz CT molecular complexity index is 641. The minimum atomic E-state index is -4.45. The molecule has 0 fully saturated rings. The van der Waals surface area contributed by atoms with Gasteiger partial charge in [-0.2, -0.15) is 13.2 Å². The molecule has 0 radical (unpaired) electrons. The molecule has 0 unspecified atom stereocenters. The van der Waals surface area contributed by atoms with Crippen LogP contribution in [-0.2, 0) is 17.5 Å². The zero-order chi connectivity index (χ0) is 20.7. The summed E-state index contributed by atoms with van der Waals surface area (Å²) in [6.07, 6.45) is -4.89. The summed E-state index contributed by atoms with van der Waals surface area (Å²) in [6.45, 7) is 8.61. The lowest BCUT2D eigenvalue weighted by Crippen LogP contribution is -2.43. The predicted octanol–water partition coefficient (Wildman–Crippen LogP) is 3.08. The fourth-order valence-electron chi connectivity index (χ4n) is 1.78. The molecule has 0 atom stereocenters. The van der Waals surface area contributed by atoms with E-state index in [9.17, 15) is 18.0 Å². The number of aromatic nitrogens is 1. The van der Waals surface area contributed by atoms with Crippen LogP contribution in [0.25, 0.3) is 0 Å². The number of aliphatic imine (C=N–C) groups is 1. The summed E-state index contributed by atoms with van der Waals surface area (Å²) in [4.78, 5) is 21.1. The van der Waals surface area contributed by atoms with Gasteiger partial charge in [-0.3, -0.25) is 0 Å². The van der Waals surface area contributed by atoms with Crippen molar-refractivity contribution in [2.45, 2.75) is 46.0 Å². The summed E-state index contributed by atoms with van der Waals surface area (Å²) in [5, 5.41) is 7.25. The summed E-state index contributed by atoms with van der Waals surface area (Å²) in [5.41, 5.74) is -1.48. The molecule has 0 aromatic carbocycles. The number of guanidine groups is 1. The Balaban J connectivity index is 2.54. The molecular weight excluding hydrogens is 383 g/mol. The number of alkyl halides is 3. The SMILES string of the molecule is CCNC(=NCc1nc(C(F)(F)F)cs1)NCCN(C)C(=O)OC(C)(C)C. The Hall–Kier alpha value is -2.04. The highest BCUT2D eigenvalue weighted by molar-refractivity contribution is 7.09. The molecule has 1 aromatic heterocycles. The summed E-state index contributed by atoms with van der Waals surface area (Å²) < 4.78 is 43.0. The van der Waals surface area contributed by atoms with Crippen molar-refractivity contribution in [3.8, 4) is 0 Å². The van der Waals surface area contributed by atoms with E-state index in [1.165, 1.54) is 4.90 Å². The molecule has 2 N–H and O–H groups in total. The van der Waals surface area contributed by atoms with Gasteiger partial charge in [0.2, 0.25) is 0 Å². The lowest BCUT2D eigenvalue weighted by atomic mass is 10.2. The van der Waals surface area contributed by atoms with Gasteiger partial charge >= 0.3 is 12.3 Å². The predicted molar refractivity (Wildman–Crippen MR) is 98.8 cm³/mol. The summed E-state index contributed by atoms with van der Waals surface area (Å²) >= 11 is 0.911. The highest BCUT2D eigenvalue weighted by Gasteiger charge is 2.33. The third-order valence-corrected chi connectivity index (χ3v) is 3.84. The summed E-state index contributed by atoms with van der Waals surface area (Å²) in [5.74, 6) is 0.429. The molecule has 154 valence electrons. The number of hydrogen-bond donors (Lipinski definition) is 2. The van der Waals surface area contributed by atoms with E-state index < -0.39 is 23.6 Å². The molecule has 27 heavy (non-hydrogen) atoms. The number of nitrogens with one attached hydrogen (secondary N) is 2. The first-order valence-corrected chi connectivity index (χ1v) is 9.28. The lowest BCUT2D eigenvalue weighted by Gasteiger charge is -2.24. The number of halogens is 3. The molecule has 1 heterocycles. The van der Waals surface area contributed by atoms with Crippen molar-refractivity contribution in [2.75, 3.05) is 26.7 Å². The Morgan fingerprint density at radius 3 is 2.52 bits per heavy atom. The van der Waals surface area contributed by atoms with Crippen molar-refractivity contribution >= 4 is 23.4 Å². The van der Waals surface area contributed by atoms with E-state index in [4.69, 9.17) is 4.74 Å². The molecule has 1 rings (SSSR count). The number of hydrogen-bond acceptors (Lipinski definition) is 5. The number of thiazole rings is 1. The molecule has 7 nitrogen and oxygen atoms in total. The largest absolute Gasteiger partial charge is 0.444 e. The van der Waals surface area contributed by atoms with E-state index in [0.29, 0.717) is 25.6 Å². The van der Waals surface area contributed by atoms with E-state index >= 15 is 0 Å². The second-order valence-electron chi connectivity index (χ2n) is 6.65. The molecule has 0 aliphatic rings. The van der Waals surface area contributed by atoms with Gasteiger partial charge in [0.05, 0.1) is 6.54 Å². The minimum absolute atomic E-state index is 0.0258. The molecule has 1 amide bonds. The molecule has 0 spiro atoms. The Labute approximate surface area is 161 Å². The Morgan fingerprint density at radius 1 is 1.33 bits per heavy atom. The van der Waals surface area contributed by atoms with Crippen LogP contribution in [0.5, 0.6) is 0 Å². The van der Waals surface area contributed by atoms with Crippen molar-refractivity contribution in [1.29, 1.82) is 0 Å². The van der Waals surface area contributed by atoms with Crippen molar-refractivity contribution in [3.63, 3.8) is 0 Å². The number of nitrogens with zero attached hydrogens (tertiary/aromatic N) is 3. The Kier molecular flexibility index (Phi) is 8.32. The number of carbonyl (C=O) groups excluding carboxylic acids is 1. The average molecular weight is 409 g/mol. The summed E-state index contributed by atoms with van der Waals surface area (Å²) in [6, 6.07) is 0. The van der Waals surface area contributed by atoms with E-state index in [1.54, 1.807) is 27.8 Å². The fraction of sp³-hybridized carbons (Fsp3) is 0.688. The van der Waals surface area contributed by atoms with Crippen LogP contribution in [0.2, 0.25) is 0 Å².